The zero-order chi connectivity index (χ0) is 27.1. The Bertz CT molecular complexity index is 1410. The number of piperazine rings is 1. The summed E-state index contributed by atoms with van der Waals surface area (Å²) in [6.07, 6.45) is 2.86. The molecule has 0 bridgehead atoms. The summed E-state index contributed by atoms with van der Waals surface area (Å²) in [4.78, 5) is 23.0. The van der Waals surface area contributed by atoms with Crippen LogP contribution in [-0.4, -0.2) is 77.1 Å². The van der Waals surface area contributed by atoms with Gasteiger partial charge in [-0.15, -0.1) is 0 Å². The maximum atomic E-state index is 9.04. The third-order valence-electron chi connectivity index (χ3n) is 8.27. The van der Waals surface area contributed by atoms with Crippen molar-refractivity contribution in [3.8, 4) is 17.2 Å². The Morgan fingerprint density at radius 2 is 1.74 bits per heavy atom. The molecule has 39 heavy (non-hydrogen) atoms. The Kier molecular flexibility index (Phi) is 6.57. The second-order valence-electron chi connectivity index (χ2n) is 11.0. The van der Waals surface area contributed by atoms with E-state index in [1.54, 1.807) is 0 Å². The molecule has 3 aromatic rings. The van der Waals surface area contributed by atoms with Crippen LogP contribution >= 0.6 is 0 Å². The van der Waals surface area contributed by atoms with Gasteiger partial charge in [0.15, 0.2) is 0 Å². The fourth-order valence-electron chi connectivity index (χ4n) is 5.69. The van der Waals surface area contributed by atoms with E-state index in [4.69, 9.17) is 16.0 Å². The Hall–Kier alpha value is -4.16. The van der Waals surface area contributed by atoms with Gasteiger partial charge in [-0.1, -0.05) is 24.8 Å². The molecule has 1 unspecified atom stereocenters. The molecule has 6 rings (SSSR count). The van der Waals surface area contributed by atoms with Crippen molar-refractivity contribution < 1.29 is 0 Å². The van der Waals surface area contributed by atoms with Crippen molar-refractivity contribution >= 4 is 23.3 Å². The minimum atomic E-state index is 0.0935. The van der Waals surface area contributed by atoms with Crippen LogP contribution in [0, 0.1) is 17.2 Å². The van der Waals surface area contributed by atoms with Gasteiger partial charge in [0.2, 0.25) is 5.95 Å². The summed E-state index contributed by atoms with van der Waals surface area (Å²) in [5, 5.41) is 9.04. The van der Waals surface area contributed by atoms with E-state index >= 15 is 0 Å². The van der Waals surface area contributed by atoms with Crippen LogP contribution in [0.2, 0.25) is 0 Å². The van der Waals surface area contributed by atoms with Crippen LogP contribution in [-0.2, 0) is 13.0 Å². The predicted molar refractivity (Wildman–Crippen MR) is 155 cm³/mol. The summed E-state index contributed by atoms with van der Waals surface area (Å²) in [5.74, 6) is 2.21. The molecule has 2 fully saturated rings. The lowest BCUT2D eigenvalue weighted by atomic mass is 9.91. The fraction of sp³-hybridized carbons (Fsp3) is 0.400. The molecule has 1 aromatic carbocycles. The minimum absolute atomic E-state index is 0.0935. The second kappa shape index (κ2) is 10.2. The molecule has 0 spiro atoms. The van der Waals surface area contributed by atoms with Gasteiger partial charge >= 0.3 is 0 Å². The molecule has 0 radical (unpaired) electrons. The molecule has 2 N–H and O–H groups in total. The van der Waals surface area contributed by atoms with Gasteiger partial charge in [0.25, 0.3) is 0 Å². The van der Waals surface area contributed by atoms with Gasteiger partial charge in [0, 0.05) is 69.7 Å². The van der Waals surface area contributed by atoms with Crippen molar-refractivity contribution in [2.24, 2.45) is 5.92 Å². The first-order valence-corrected chi connectivity index (χ1v) is 13.6. The van der Waals surface area contributed by atoms with Crippen LogP contribution in [0.15, 0.2) is 49.2 Å². The normalized spacial score (nSPS) is 19.8. The third kappa shape index (κ3) is 5.00. The molecule has 9 nitrogen and oxygen atoms in total. The number of rotatable bonds is 5. The van der Waals surface area contributed by atoms with Gasteiger partial charge in [-0.05, 0) is 49.2 Å². The van der Waals surface area contributed by atoms with Crippen LogP contribution in [0.3, 0.4) is 0 Å². The number of benzene rings is 1. The number of likely N-dealkylation sites (N-methyl/N-ethyl adjacent to an activating group) is 1. The number of pyridine rings is 1. The van der Waals surface area contributed by atoms with Crippen LogP contribution in [0.1, 0.15) is 23.7 Å². The molecule has 1 atom stereocenters. The number of aromatic nitrogens is 3. The Balaban J connectivity index is 1.21. The topological polar surface area (TPSA) is 101 Å². The number of nitrogens with two attached hydrogens (primary N) is 1. The average Bonchev–Trinajstić information content (AvgIpc) is 2.92. The first-order chi connectivity index (χ1) is 18.9. The van der Waals surface area contributed by atoms with Gasteiger partial charge in [-0.3, -0.25) is 4.98 Å². The predicted octanol–water partition coefficient (Wildman–Crippen LogP) is 3.25. The smallest absolute Gasteiger partial charge is 0.223 e. The standard InChI is InChI=1S/C30H35N9/c1-20-12-23-4-5-24(25-6-7-27(33-16-25)21(2)38-17-22(15-31)18-38)13-26(23)19-39(20)29-14-28(34-30(32)35-29)37-10-8-36(3)9-11-37/h4-7,13-14,16,20,22H,2,8-12,17-19H2,1,3H3,(H2,32,34,35). The zero-order valence-corrected chi connectivity index (χ0v) is 22.7. The van der Waals surface area contributed by atoms with Crippen LogP contribution in [0.4, 0.5) is 17.6 Å². The van der Waals surface area contributed by atoms with Crippen LogP contribution in [0.25, 0.3) is 16.8 Å². The molecule has 3 aliphatic heterocycles. The van der Waals surface area contributed by atoms with Crippen molar-refractivity contribution in [3.05, 3.63) is 66.0 Å². The zero-order valence-electron chi connectivity index (χ0n) is 22.7. The van der Waals surface area contributed by atoms with Crippen molar-refractivity contribution in [3.63, 3.8) is 0 Å². The maximum absolute atomic E-state index is 9.04. The highest BCUT2D eigenvalue weighted by molar-refractivity contribution is 5.68. The van der Waals surface area contributed by atoms with E-state index in [2.05, 4.69) is 86.5 Å². The van der Waals surface area contributed by atoms with E-state index in [1.165, 1.54) is 11.1 Å². The van der Waals surface area contributed by atoms with Crippen LogP contribution < -0.4 is 15.5 Å². The lowest BCUT2D eigenvalue weighted by molar-refractivity contribution is 0.221. The average molecular weight is 522 g/mol. The summed E-state index contributed by atoms with van der Waals surface area (Å²) in [5.41, 5.74) is 12.8. The number of fused-ring (bicyclic) bond motifs is 1. The monoisotopic (exact) mass is 521 g/mol. The highest BCUT2D eigenvalue weighted by atomic mass is 15.3. The number of hydrogen-bond acceptors (Lipinski definition) is 9. The SMILES string of the molecule is C=C(c1ccc(-c2ccc3c(c2)CN(c2cc(N4CCN(C)CC4)nc(N)n2)C(C)C3)cn1)N1CC(C#N)C1. The van der Waals surface area contributed by atoms with Crippen molar-refractivity contribution in [2.75, 3.05) is 61.8 Å². The van der Waals surface area contributed by atoms with E-state index in [1.807, 2.05) is 12.3 Å². The second-order valence-corrected chi connectivity index (χ2v) is 11.0. The molecule has 2 aromatic heterocycles. The number of nitrogen functional groups attached to an aromatic ring is 1. The number of nitriles is 1. The van der Waals surface area contributed by atoms with Gasteiger partial charge in [0.1, 0.15) is 11.6 Å². The molecule has 3 aliphatic rings. The van der Waals surface area contributed by atoms with Gasteiger partial charge < -0.3 is 25.3 Å². The molecule has 0 aliphatic carbocycles. The van der Waals surface area contributed by atoms with Gasteiger partial charge in [-0.25, -0.2) is 0 Å². The quantitative estimate of drug-likeness (QED) is 0.542. The van der Waals surface area contributed by atoms with Crippen molar-refractivity contribution in [1.82, 2.24) is 24.8 Å². The summed E-state index contributed by atoms with van der Waals surface area (Å²) >= 11 is 0. The maximum Gasteiger partial charge on any atom is 0.223 e. The molecule has 0 saturated carbocycles. The molecule has 9 heteroatoms. The third-order valence-corrected chi connectivity index (χ3v) is 8.27. The highest BCUT2D eigenvalue weighted by Crippen LogP contribution is 2.33. The summed E-state index contributed by atoms with van der Waals surface area (Å²) in [6, 6.07) is 15.5. The first-order valence-electron chi connectivity index (χ1n) is 13.6. The molecular formula is C30H35N9. The lowest BCUT2D eigenvalue weighted by Crippen LogP contribution is -2.45. The van der Waals surface area contributed by atoms with Crippen molar-refractivity contribution in [1.29, 1.82) is 5.26 Å². The van der Waals surface area contributed by atoms with E-state index in [-0.39, 0.29) is 5.92 Å². The van der Waals surface area contributed by atoms with E-state index in [9.17, 15) is 0 Å². The minimum Gasteiger partial charge on any atom is -0.368 e. The lowest BCUT2D eigenvalue weighted by Gasteiger charge is -2.38. The fourth-order valence-corrected chi connectivity index (χ4v) is 5.69. The van der Waals surface area contributed by atoms with E-state index in [0.717, 1.165) is 86.4 Å². The number of hydrogen-bond donors (Lipinski definition) is 1. The summed E-state index contributed by atoms with van der Waals surface area (Å²) < 4.78 is 0. The Labute approximate surface area is 230 Å². The Morgan fingerprint density at radius 1 is 1.00 bits per heavy atom. The summed E-state index contributed by atoms with van der Waals surface area (Å²) in [7, 11) is 2.15. The largest absolute Gasteiger partial charge is 0.368 e. The van der Waals surface area contributed by atoms with Crippen molar-refractivity contribution in [2.45, 2.75) is 25.9 Å². The van der Waals surface area contributed by atoms with Gasteiger partial charge in [-0.2, -0.15) is 15.2 Å². The molecular weight excluding hydrogens is 486 g/mol. The van der Waals surface area contributed by atoms with E-state index < -0.39 is 0 Å². The van der Waals surface area contributed by atoms with Crippen LogP contribution in [0.5, 0.6) is 0 Å². The molecule has 200 valence electrons. The number of likely N-dealkylation sites (tertiary alicyclic amines) is 1. The Morgan fingerprint density at radius 3 is 2.46 bits per heavy atom. The highest BCUT2D eigenvalue weighted by Gasteiger charge is 2.29. The van der Waals surface area contributed by atoms with E-state index in [0.29, 0.717) is 12.0 Å². The first kappa shape index (κ1) is 25.1. The summed E-state index contributed by atoms with van der Waals surface area (Å²) in [6.45, 7) is 12.6. The molecule has 0 amide bonds. The molecule has 5 heterocycles. The van der Waals surface area contributed by atoms with Gasteiger partial charge in [0.05, 0.1) is 23.4 Å². The number of anilines is 3. The molecule has 2 saturated heterocycles. The number of nitrogens with zero attached hydrogens (tertiary/aromatic N) is 8.